The van der Waals surface area contributed by atoms with Crippen molar-refractivity contribution in [2.24, 2.45) is 0 Å². The summed E-state index contributed by atoms with van der Waals surface area (Å²) in [5.41, 5.74) is 1.95. The number of alkyl halides is 1. The summed E-state index contributed by atoms with van der Waals surface area (Å²) < 4.78 is 0. The zero-order chi connectivity index (χ0) is 13.5. The van der Waals surface area contributed by atoms with Crippen LogP contribution in [0.15, 0.2) is 24.3 Å². The average Bonchev–Trinajstić information content (AvgIpc) is 2.43. The molecular formula is C14H20BrNOS. The standard InChI is InChI=1S/C14H20BrNOS/c1-4-13(10-18-3)16(2)14(17)12-7-5-11(9-15)6-8-12/h5-8,13H,4,9-10H2,1-3H3. The number of rotatable bonds is 6. The normalized spacial score (nSPS) is 12.2. The molecule has 1 aromatic carbocycles. The Balaban J connectivity index is 2.78. The van der Waals surface area contributed by atoms with Crippen LogP contribution in [0.2, 0.25) is 0 Å². The van der Waals surface area contributed by atoms with E-state index in [1.807, 2.05) is 36.2 Å². The first kappa shape index (κ1) is 15.6. The molecule has 0 fully saturated rings. The van der Waals surface area contributed by atoms with Crippen LogP contribution in [0.25, 0.3) is 0 Å². The lowest BCUT2D eigenvalue weighted by molar-refractivity contribution is 0.0743. The van der Waals surface area contributed by atoms with Gasteiger partial charge in [-0.1, -0.05) is 35.0 Å². The summed E-state index contributed by atoms with van der Waals surface area (Å²) in [6, 6.07) is 8.10. The monoisotopic (exact) mass is 329 g/mol. The molecule has 1 unspecified atom stereocenters. The van der Waals surface area contributed by atoms with Crippen LogP contribution in [0.4, 0.5) is 0 Å². The third-order valence-electron chi connectivity index (χ3n) is 3.05. The lowest BCUT2D eigenvalue weighted by atomic mass is 10.1. The van der Waals surface area contributed by atoms with Crippen molar-refractivity contribution < 1.29 is 4.79 Å². The smallest absolute Gasteiger partial charge is 0.253 e. The van der Waals surface area contributed by atoms with Crippen molar-refractivity contribution >= 4 is 33.6 Å². The number of hydrogen-bond acceptors (Lipinski definition) is 2. The molecule has 0 radical (unpaired) electrons. The zero-order valence-electron chi connectivity index (χ0n) is 11.1. The van der Waals surface area contributed by atoms with Crippen molar-refractivity contribution in [2.75, 3.05) is 19.1 Å². The van der Waals surface area contributed by atoms with Crippen LogP contribution in [0.5, 0.6) is 0 Å². The number of benzene rings is 1. The van der Waals surface area contributed by atoms with E-state index in [-0.39, 0.29) is 5.91 Å². The molecule has 1 aromatic rings. The Morgan fingerprint density at radius 2 is 2.00 bits per heavy atom. The van der Waals surface area contributed by atoms with E-state index >= 15 is 0 Å². The number of nitrogens with zero attached hydrogens (tertiary/aromatic N) is 1. The van der Waals surface area contributed by atoms with E-state index in [0.717, 1.165) is 23.1 Å². The highest BCUT2D eigenvalue weighted by molar-refractivity contribution is 9.08. The minimum absolute atomic E-state index is 0.108. The van der Waals surface area contributed by atoms with Gasteiger partial charge in [0, 0.05) is 29.7 Å². The fourth-order valence-electron chi connectivity index (χ4n) is 1.80. The number of carbonyl (C=O) groups excluding carboxylic acids is 1. The van der Waals surface area contributed by atoms with Gasteiger partial charge in [0.25, 0.3) is 5.91 Å². The third kappa shape index (κ3) is 4.02. The minimum atomic E-state index is 0.108. The molecule has 2 nitrogen and oxygen atoms in total. The van der Waals surface area contributed by atoms with Gasteiger partial charge in [-0.3, -0.25) is 4.79 Å². The summed E-state index contributed by atoms with van der Waals surface area (Å²) in [5, 5.41) is 0.821. The molecule has 0 aliphatic carbocycles. The van der Waals surface area contributed by atoms with Crippen molar-refractivity contribution in [2.45, 2.75) is 24.7 Å². The summed E-state index contributed by atoms with van der Waals surface area (Å²) in [6.45, 7) is 2.12. The van der Waals surface area contributed by atoms with Gasteiger partial charge in [-0.2, -0.15) is 11.8 Å². The second kappa shape index (κ2) is 7.85. The van der Waals surface area contributed by atoms with Crippen LogP contribution < -0.4 is 0 Å². The zero-order valence-corrected chi connectivity index (χ0v) is 13.6. The van der Waals surface area contributed by atoms with Crippen LogP contribution in [-0.4, -0.2) is 35.9 Å². The van der Waals surface area contributed by atoms with E-state index < -0.39 is 0 Å². The largest absolute Gasteiger partial charge is 0.338 e. The average molecular weight is 330 g/mol. The maximum atomic E-state index is 12.3. The molecule has 0 bridgehead atoms. The SMILES string of the molecule is CCC(CSC)N(C)C(=O)c1ccc(CBr)cc1. The molecule has 0 aliphatic heterocycles. The Bertz CT molecular complexity index is 380. The van der Waals surface area contributed by atoms with Crippen molar-refractivity contribution in [3.8, 4) is 0 Å². The summed E-state index contributed by atoms with van der Waals surface area (Å²) in [6.07, 6.45) is 3.06. The van der Waals surface area contributed by atoms with Crippen LogP contribution >= 0.6 is 27.7 Å². The molecule has 0 N–H and O–H groups in total. The van der Waals surface area contributed by atoms with Crippen LogP contribution in [0, 0.1) is 0 Å². The Hall–Kier alpha value is -0.480. The summed E-state index contributed by atoms with van der Waals surface area (Å²) in [4.78, 5) is 14.2. The fourth-order valence-corrected chi connectivity index (χ4v) is 3.02. The van der Waals surface area contributed by atoms with E-state index in [2.05, 4.69) is 29.1 Å². The lowest BCUT2D eigenvalue weighted by Crippen LogP contribution is -2.38. The minimum Gasteiger partial charge on any atom is -0.338 e. The first-order valence-electron chi connectivity index (χ1n) is 6.05. The first-order valence-corrected chi connectivity index (χ1v) is 8.56. The molecule has 1 amide bonds. The Kier molecular flexibility index (Phi) is 6.79. The molecule has 0 heterocycles. The van der Waals surface area contributed by atoms with Gasteiger partial charge in [-0.25, -0.2) is 0 Å². The van der Waals surface area contributed by atoms with E-state index in [0.29, 0.717) is 6.04 Å². The molecule has 0 saturated carbocycles. The van der Waals surface area contributed by atoms with Gasteiger partial charge in [0.1, 0.15) is 0 Å². The summed E-state index contributed by atoms with van der Waals surface area (Å²) in [7, 11) is 1.89. The van der Waals surface area contributed by atoms with Crippen molar-refractivity contribution in [3.63, 3.8) is 0 Å². The van der Waals surface area contributed by atoms with Gasteiger partial charge < -0.3 is 4.90 Å². The molecule has 1 rings (SSSR count). The highest BCUT2D eigenvalue weighted by atomic mass is 79.9. The van der Waals surface area contributed by atoms with Gasteiger partial charge in [0.05, 0.1) is 0 Å². The molecule has 0 saturated heterocycles. The Morgan fingerprint density at radius 3 is 2.44 bits per heavy atom. The van der Waals surface area contributed by atoms with Gasteiger partial charge in [-0.05, 0) is 30.4 Å². The molecule has 18 heavy (non-hydrogen) atoms. The quantitative estimate of drug-likeness (QED) is 0.740. The number of thioether (sulfide) groups is 1. The number of halogens is 1. The predicted octanol–water partition coefficient (Wildman–Crippen LogP) is 3.80. The molecule has 0 aromatic heterocycles. The van der Waals surface area contributed by atoms with Crippen LogP contribution in [-0.2, 0) is 5.33 Å². The molecule has 100 valence electrons. The maximum absolute atomic E-state index is 12.3. The van der Waals surface area contributed by atoms with Gasteiger partial charge in [-0.15, -0.1) is 0 Å². The first-order chi connectivity index (χ1) is 8.63. The van der Waals surface area contributed by atoms with Gasteiger partial charge >= 0.3 is 0 Å². The number of amides is 1. The van der Waals surface area contributed by atoms with Crippen LogP contribution in [0.1, 0.15) is 29.3 Å². The highest BCUT2D eigenvalue weighted by Crippen LogP contribution is 2.14. The third-order valence-corrected chi connectivity index (χ3v) is 4.42. The molecule has 0 spiro atoms. The Labute approximate surface area is 122 Å². The van der Waals surface area contributed by atoms with E-state index in [1.165, 1.54) is 5.56 Å². The van der Waals surface area contributed by atoms with Gasteiger partial charge in [0.2, 0.25) is 0 Å². The molecule has 4 heteroatoms. The van der Waals surface area contributed by atoms with Crippen LogP contribution in [0.3, 0.4) is 0 Å². The Morgan fingerprint density at radius 1 is 1.39 bits per heavy atom. The molecular weight excluding hydrogens is 310 g/mol. The van der Waals surface area contributed by atoms with E-state index in [9.17, 15) is 4.79 Å². The highest BCUT2D eigenvalue weighted by Gasteiger charge is 2.19. The predicted molar refractivity (Wildman–Crippen MR) is 83.6 cm³/mol. The van der Waals surface area contributed by atoms with E-state index in [1.54, 1.807) is 11.8 Å². The van der Waals surface area contributed by atoms with Crippen molar-refractivity contribution in [1.29, 1.82) is 0 Å². The summed E-state index contributed by atoms with van der Waals surface area (Å²) >= 11 is 5.19. The molecule has 1 atom stereocenters. The maximum Gasteiger partial charge on any atom is 0.253 e. The molecule has 0 aliphatic rings. The second-order valence-corrected chi connectivity index (χ2v) is 5.74. The number of carbonyl (C=O) groups is 1. The van der Waals surface area contributed by atoms with Crippen molar-refractivity contribution in [1.82, 2.24) is 4.90 Å². The number of hydrogen-bond donors (Lipinski definition) is 0. The second-order valence-electron chi connectivity index (χ2n) is 4.26. The van der Waals surface area contributed by atoms with Crippen molar-refractivity contribution in [3.05, 3.63) is 35.4 Å². The van der Waals surface area contributed by atoms with E-state index in [4.69, 9.17) is 0 Å². The summed E-state index contributed by atoms with van der Waals surface area (Å²) in [5.74, 6) is 1.09. The lowest BCUT2D eigenvalue weighted by Gasteiger charge is -2.26. The van der Waals surface area contributed by atoms with Gasteiger partial charge in [0.15, 0.2) is 0 Å². The topological polar surface area (TPSA) is 20.3 Å². The fraction of sp³-hybridized carbons (Fsp3) is 0.500.